The number of para-hydroxylation sites is 1. The maximum absolute atomic E-state index is 4.70. The third-order valence-electron chi connectivity index (χ3n) is 5.76. The summed E-state index contributed by atoms with van der Waals surface area (Å²) < 4.78 is 1.83. The lowest BCUT2D eigenvalue weighted by atomic mass is 10.0. The first-order valence-corrected chi connectivity index (χ1v) is 10.1. The summed E-state index contributed by atoms with van der Waals surface area (Å²) in [4.78, 5) is 4.70. The van der Waals surface area contributed by atoms with Gasteiger partial charge in [0.2, 0.25) is 0 Å². The van der Waals surface area contributed by atoms with Crippen LogP contribution >= 0.6 is 0 Å². The number of nitrogens with zero attached hydrogens (tertiary/aromatic N) is 5. The normalized spacial score (nSPS) is 15.4. The van der Waals surface area contributed by atoms with E-state index in [1.165, 1.54) is 22.4 Å². The summed E-state index contributed by atoms with van der Waals surface area (Å²) in [5.41, 5.74) is 7.67. The molecule has 0 aliphatic carbocycles. The molecule has 1 N–H and O–H groups in total. The Balaban J connectivity index is 1.33. The number of nitrogens with one attached hydrogen (secondary N) is 1. The lowest BCUT2D eigenvalue weighted by Crippen LogP contribution is -2.06. The van der Waals surface area contributed by atoms with Crippen LogP contribution in [0, 0.1) is 6.92 Å². The van der Waals surface area contributed by atoms with Gasteiger partial charge in [-0.05, 0) is 66.4 Å². The summed E-state index contributed by atoms with van der Waals surface area (Å²) in [6, 6.07) is 21.3. The molecule has 5 aromatic rings. The Morgan fingerprint density at radius 1 is 1.03 bits per heavy atom. The third-order valence-corrected chi connectivity index (χ3v) is 5.76. The second-order valence-corrected chi connectivity index (χ2v) is 7.89. The maximum atomic E-state index is 4.70. The summed E-state index contributed by atoms with van der Waals surface area (Å²) >= 11 is 0. The summed E-state index contributed by atoms with van der Waals surface area (Å²) in [6.45, 7) is 1.97. The van der Waals surface area contributed by atoms with Gasteiger partial charge in [-0.1, -0.05) is 24.3 Å². The molecule has 6 heteroatoms. The van der Waals surface area contributed by atoms with Crippen LogP contribution in [0.15, 0.2) is 66.9 Å². The van der Waals surface area contributed by atoms with Crippen LogP contribution in [0.2, 0.25) is 0 Å². The van der Waals surface area contributed by atoms with E-state index >= 15 is 0 Å². The lowest BCUT2D eigenvalue weighted by molar-refractivity contribution is 0.819. The molecular formula is C24H20N6. The third kappa shape index (κ3) is 2.88. The minimum absolute atomic E-state index is 0.260. The minimum Gasteiger partial charge on any atom is -0.378 e. The van der Waals surface area contributed by atoms with E-state index < -0.39 is 0 Å². The van der Waals surface area contributed by atoms with Crippen molar-refractivity contribution in [3.05, 3.63) is 95.1 Å². The quantitative estimate of drug-likeness (QED) is 0.496. The van der Waals surface area contributed by atoms with E-state index in [9.17, 15) is 0 Å². The molecule has 0 saturated carbocycles. The molecule has 1 aliphatic rings. The van der Waals surface area contributed by atoms with Gasteiger partial charge in [0.05, 0.1) is 17.3 Å². The van der Waals surface area contributed by atoms with Gasteiger partial charge < -0.3 is 5.32 Å². The first kappa shape index (κ1) is 17.1. The van der Waals surface area contributed by atoms with E-state index in [1.807, 2.05) is 29.8 Å². The fourth-order valence-corrected chi connectivity index (χ4v) is 4.22. The van der Waals surface area contributed by atoms with Gasteiger partial charge in [-0.25, -0.2) is 0 Å². The molecule has 0 amide bonds. The predicted octanol–water partition coefficient (Wildman–Crippen LogP) is 4.28. The monoisotopic (exact) mass is 392 g/mol. The zero-order valence-corrected chi connectivity index (χ0v) is 16.6. The molecule has 6 nitrogen and oxygen atoms in total. The zero-order chi connectivity index (χ0) is 20.1. The number of hydrogen-bond donors (Lipinski definition) is 1. The predicted molar refractivity (Wildman–Crippen MR) is 117 cm³/mol. The summed E-state index contributed by atoms with van der Waals surface area (Å²) in [5.74, 6) is 0.838. The van der Waals surface area contributed by atoms with Crippen molar-refractivity contribution in [3.8, 4) is 0 Å². The van der Waals surface area contributed by atoms with E-state index in [4.69, 9.17) is 4.98 Å². The van der Waals surface area contributed by atoms with Crippen molar-refractivity contribution in [2.75, 3.05) is 5.32 Å². The molecule has 2 aromatic carbocycles. The number of anilines is 1. The van der Waals surface area contributed by atoms with Gasteiger partial charge in [-0.15, -0.1) is 10.2 Å². The first-order valence-electron chi connectivity index (χ1n) is 10.1. The molecular weight excluding hydrogens is 372 g/mol. The molecule has 0 bridgehead atoms. The van der Waals surface area contributed by atoms with Crippen molar-refractivity contribution in [1.82, 2.24) is 24.8 Å². The number of aryl methyl sites for hydroxylation is 1. The average Bonchev–Trinajstić information content (AvgIpc) is 3.37. The Kier molecular flexibility index (Phi) is 3.77. The van der Waals surface area contributed by atoms with Crippen LogP contribution in [-0.4, -0.2) is 24.8 Å². The van der Waals surface area contributed by atoms with Gasteiger partial charge in [0.1, 0.15) is 0 Å². The van der Waals surface area contributed by atoms with E-state index in [0.717, 1.165) is 34.5 Å². The first-order chi connectivity index (χ1) is 14.7. The van der Waals surface area contributed by atoms with Crippen LogP contribution < -0.4 is 5.32 Å². The fourth-order valence-electron chi connectivity index (χ4n) is 4.22. The molecule has 0 fully saturated rings. The Bertz CT molecular complexity index is 1380. The summed E-state index contributed by atoms with van der Waals surface area (Å²) in [6.07, 6.45) is 3.65. The molecule has 1 unspecified atom stereocenters. The maximum Gasteiger partial charge on any atom is 0.177 e. The van der Waals surface area contributed by atoms with E-state index in [-0.39, 0.29) is 6.04 Å². The highest BCUT2D eigenvalue weighted by Crippen LogP contribution is 2.34. The summed E-state index contributed by atoms with van der Waals surface area (Å²) in [7, 11) is 0. The number of fused-ring (bicyclic) bond motifs is 3. The molecule has 4 heterocycles. The highest BCUT2D eigenvalue weighted by molar-refractivity contribution is 5.80. The average molecular weight is 392 g/mol. The molecule has 0 spiro atoms. The lowest BCUT2D eigenvalue weighted by Gasteiger charge is -2.12. The number of pyridine rings is 1. The van der Waals surface area contributed by atoms with Gasteiger partial charge in [-0.2, -0.15) is 9.61 Å². The molecule has 1 aliphatic heterocycles. The Labute approximate surface area is 173 Å². The largest absolute Gasteiger partial charge is 0.378 e. The smallest absolute Gasteiger partial charge is 0.177 e. The van der Waals surface area contributed by atoms with Crippen molar-refractivity contribution in [2.45, 2.75) is 25.8 Å². The molecule has 1 atom stereocenters. The second kappa shape index (κ2) is 6.62. The molecule has 0 radical (unpaired) electrons. The van der Waals surface area contributed by atoms with Crippen LogP contribution in [0.1, 0.15) is 34.3 Å². The van der Waals surface area contributed by atoms with Crippen LogP contribution in [0.3, 0.4) is 0 Å². The molecule has 146 valence electrons. The topological polar surface area (TPSA) is 68.0 Å². The van der Waals surface area contributed by atoms with Crippen LogP contribution in [0.25, 0.3) is 16.6 Å². The number of benzene rings is 2. The highest BCUT2D eigenvalue weighted by Gasteiger charge is 2.22. The van der Waals surface area contributed by atoms with Crippen LogP contribution in [0.5, 0.6) is 0 Å². The van der Waals surface area contributed by atoms with Gasteiger partial charge >= 0.3 is 0 Å². The van der Waals surface area contributed by atoms with Crippen molar-refractivity contribution < 1.29 is 0 Å². The molecule has 3 aromatic heterocycles. The van der Waals surface area contributed by atoms with E-state index in [0.29, 0.717) is 6.42 Å². The zero-order valence-electron chi connectivity index (χ0n) is 16.6. The van der Waals surface area contributed by atoms with Crippen molar-refractivity contribution in [2.24, 2.45) is 0 Å². The molecule has 0 saturated heterocycles. The second-order valence-electron chi connectivity index (χ2n) is 7.89. The molecule has 6 rings (SSSR count). The van der Waals surface area contributed by atoms with E-state index in [2.05, 4.69) is 69.1 Å². The van der Waals surface area contributed by atoms with Gasteiger partial charge in [0, 0.05) is 23.7 Å². The Morgan fingerprint density at radius 3 is 2.90 bits per heavy atom. The van der Waals surface area contributed by atoms with Crippen LogP contribution in [0.4, 0.5) is 5.69 Å². The number of rotatable bonds is 3. The minimum atomic E-state index is 0.260. The standard InChI is InChI=1S/C24H20N6/c1-15-6-9-23-27-28-24(30(23)29-15)11-16-7-8-20-18(10-16)12-19(14-25-20)22-13-17-4-2-3-5-21(17)26-22/h2-10,12,14,22,26H,11,13H2,1H3. The SMILES string of the molecule is Cc1ccc2nnc(Cc3ccc4ncc(C5Cc6ccccc6N5)cc4c3)n2n1. The van der Waals surface area contributed by atoms with Crippen molar-refractivity contribution in [1.29, 1.82) is 0 Å². The van der Waals surface area contributed by atoms with Gasteiger partial charge in [-0.3, -0.25) is 4.98 Å². The Hall–Kier alpha value is -3.80. The van der Waals surface area contributed by atoms with Crippen molar-refractivity contribution >= 4 is 22.2 Å². The van der Waals surface area contributed by atoms with Crippen LogP contribution in [-0.2, 0) is 12.8 Å². The van der Waals surface area contributed by atoms with Crippen molar-refractivity contribution in [3.63, 3.8) is 0 Å². The molecule has 30 heavy (non-hydrogen) atoms. The Morgan fingerprint density at radius 2 is 1.97 bits per heavy atom. The fraction of sp³-hybridized carbons (Fsp3) is 0.167. The van der Waals surface area contributed by atoms with Gasteiger partial charge in [0.25, 0.3) is 0 Å². The number of hydrogen-bond acceptors (Lipinski definition) is 5. The highest BCUT2D eigenvalue weighted by atomic mass is 15.4. The number of aromatic nitrogens is 5. The van der Waals surface area contributed by atoms with E-state index in [1.54, 1.807) is 0 Å². The van der Waals surface area contributed by atoms with Gasteiger partial charge in [0.15, 0.2) is 11.5 Å². The summed E-state index contributed by atoms with van der Waals surface area (Å²) in [5, 5.41) is 17.9.